The molecule has 0 aromatic carbocycles. The maximum absolute atomic E-state index is 5.74. The fraction of sp³-hybridized carbons (Fsp3) is 0.812. The van der Waals surface area contributed by atoms with Gasteiger partial charge < -0.3 is 9.64 Å². The number of morpholine rings is 1. The molecule has 0 unspecified atom stereocenters. The van der Waals surface area contributed by atoms with Gasteiger partial charge in [0.2, 0.25) is 0 Å². The van der Waals surface area contributed by atoms with Crippen LogP contribution in [0.3, 0.4) is 0 Å². The van der Waals surface area contributed by atoms with Gasteiger partial charge in [-0.2, -0.15) is 0 Å². The minimum Gasteiger partial charge on any atom is -0.378 e. The highest BCUT2D eigenvalue weighted by atomic mass is 32.1. The summed E-state index contributed by atoms with van der Waals surface area (Å²) in [7, 11) is 0. The minimum atomic E-state index is 0.381. The number of rotatable bonds is 4. The Morgan fingerprint density at radius 2 is 2.05 bits per heavy atom. The molecule has 2 saturated heterocycles. The molecular weight excluding hydrogens is 282 g/mol. The number of ether oxygens (including phenoxy) is 1. The maximum atomic E-state index is 5.74. The van der Waals surface area contributed by atoms with Crippen molar-refractivity contribution < 1.29 is 4.74 Å². The average Bonchev–Trinajstić information content (AvgIpc) is 3.13. The molecule has 2 aliphatic heterocycles. The van der Waals surface area contributed by atoms with Crippen molar-refractivity contribution in [3.8, 4) is 0 Å². The van der Waals surface area contributed by atoms with Crippen LogP contribution in [0.2, 0.25) is 0 Å². The lowest BCUT2D eigenvalue weighted by atomic mass is 9.84. The standard InChI is InChI=1S/C16H25N3OS/c1-2-7-18(6-1)16-17-14(12-21-16)15-11-20-9-8-19(15)10-13-4-3-5-13/h12-13,15H,1-11H2/t15-/m1/s1. The SMILES string of the molecule is c1sc(N2CCCC2)nc1[C@H]1COCCN1CC1CCC1. The van der Waals surface area contributed by atoms with Gasteiger partial charge >= 0.3 is 0 Å². The second-order valence-electron chi connectivity index (χ2n) is 6.63. The minimum absolute atomic E-state index is 0.381. The van der Waals surface area contributed by atoms with Gasteiger partial charge in [0.1, 0.15) is 0 Å². The van der Waals surface area contributed by atoms with Crippen molar-refractivity contribution in [2.24, 2.45) is 5.92 Å². The highest BCUT2D eigenvalue weighted by Gasteiger charge is 2.30. The lowest BCUT2D eigenvalue weighted by molar-refractivity contribution is -0.0221. The molecule has 1 aromatic rings. The molecule has 0 amide bonds. The summed E-state index contributed by atoms with van der Waals surface area (Å²) >= 11 is 1.81. The predicted octanol–water partition coefficient (Wildman–Crippen LogP) is 2.92. The number of hydrogen-bond donors (Lipinski definition) is 0. The van der Waals surface area contributed by atoms with Gasteiger partial charge in [0, 0.05) is 31.6 Å². The molecule has 4 nitrogen and oxygen atoms in total. The molecule has 3 fully saturated rings. The lowest BCUT2D eigenvalue weighted by Gasteiger charge is -2.39. The Labute approximate surface area is 131 Å². The van der Waals surface area contributed by atoms with Crippen molar-refractivity contribution in [2.45, 2.75) is 38.1 Å². The summed E-state index contributed by atoms with van der Waals surface area (Å²) in [5, 5.41) is 3.48. The van der Waals surface area contributed by atoms with Crippen LogP contribution in [0.5, 0.6) is 0 Å². The number of nitrogens with zero attached hydrogens (tertiary/aromatic N) is 3. The highest BCUT2D eigenvalue weighted by Crippen LogP contribution is 2.34. The molecule has 1 saturated carbocycles. The van der Waals surface area contributed by atoms with Crippen molar-refractivity contribution in [1.29, 1.82) is 0 Å². The summed E-state index contributed by atoms with van der Waals surface area (Å²) in [6.45, 7) is 6.37. The zero-order valence-electron chi connectivity index (χ0n) is 12.7. The van der Waals surface area contributed by atoms with Crippen LogP contribution in [0.1, 0.15) is 43.8 Å². The highest BCUT2D eigenvalue weighted by molar-refractivity contribution is 7.13. The molecule has 1 aliphatic carbocycles. The van der Waals surface area contributed by atoms with E-state index in [2.05, 4.69) is 15.2 Å². The Balaban J connectivity index is 1.46. The summed E-state index contributed by atoms with van der Waals surface area (Å²) < 4.78 is 5.74. The third kappa shape index (κ3) is 2.96. The van der Waals surface area contributed by atoms with Gasteiger partial charge in [0.05, 0.1) is 24.9 Å². The maximum Gasteiger partial charge on any atom is 0.185 e. The van der Waals surface area contributed by atoms with Crippen molar-refractivity contribution in [3.63, 3.8) is 0 Å². The second kappa shape index (κ2) is 6.23. The van der Waals surface area contributed by atoms with Gasteiger partial charge in [-0.05, 0) is 31.6 Å². The molecule has 0 spiro atoms. The zero-order valence-corrected chi connectivity index (χ0v) is 13.5. The Morgan fingerprint density at radius 3 is 2.81 bits per heavy atom. The first-order chi connectivity index (χ1) is 10.4. The van der Waals surface area contributed by atoms with Gasteiger partial charge in [-0.25, -0.2) is 4.98 Å². The van der Waals surface area contributed by atoms with E-state index in [0.29, 0.717) is 6.04 Å². The fourth-order valence-electron chi connectivity index (χ4n) is 3.62. The normalized spacial score (nSPS) is 28.0. The fourth-order valence-corrected chi connectivity index (χ4v) is 4.54. The summed E-state index contributed by atoms with van der Waals surface area (Å²) in [4.78, 5) is 10.00. The van der Waals surface area contributed by atoms with Crippen molar-refractivity contribution >= 4 is 16.5 Å². The molecular formula is C16H25N3OS. The van der Waals surface area contributed by atoms with E-state index >= 15 is 0 Å². The number of aromatic nitrogens is 1. The van der Waals surface area contributed by atoms with Crippen LogP contribution in [0.15, 0.2) is 5.38 Å². The molecule has 0 N–H and O–H groups in total. The summed E-state index contributed by atoms with van der Waals surface area (Å²) in [5.41, 5.74) is 1.24. The van der Waals surface area contributed by atoms with Crippen LogP contribution in [-0.2, 0) is 4.74 Å². The van der Waals surface area contributed by atoms with Crippen LogP contribution in [0.25, 0.3) is 0 Å². The third-order valence-corrected chi connectivity index (χ3v) is 6.10. The first-order valence-corrected chi connectivity index (χ1v) is 9.30. The van der Waals surface area contributed by atoms with Crippen molar-refractivity contribution in [2.75, 3.05) is 44.3 Å². The molecule has 5 heteroatoms. The zero-order chi connectivity index (χ0) is 14.1. The molecule has 116 valence electrons. The summed E-state index contributed by atoms with van der Waals surface area (Å²) in [6.07, 6.45) is 6.89. The van der Waals surface area contributed by atoms with Crippen molar-refractivity contribution in [1.82, 2.24) is 9.88 Å². The predicted molar refractivity (Wildman–Crippen MR) is 86.0 cm³/mol. The molecule has 3 aliphatic rings. The molecule has 0 bridgehead atoms. The van der Waals surface area contributed by atoms with Crippen LogP contribution >= 0.6 is 11.3 Å². The largest absolute Gasteiger partial charge is 0.378 e. The molecule has 21 heavy (non-hydrogen) atoms. The molecule has 1 aromatic heterocycles. The van der Waals surface area contributed by atoms with Gasteiger partial charge in [0.15, 0.2) is 5.13 Å². The first-order valence-electron chi connectivity index (χ1n) is 8.42. The van der Waals surface area contributed by atoms with E-state index in [-0.39, 0.29) is 0 Å². The Kier molecular flexibility index (Phi) is 4.14. The second-order valence-corrected chi connectivity index (χ2v) is 7.47. The number of anilines is 1. The van der Waals surface area contributed by atoms with Crippen LogP contribution in [0, 0.1) is 5.92 Å². The monoisotopic (exact) mass is 307 g/mol. The molecule has 3 heterocycles. The van der Waals surface area contributed by atoms with E-state index in [4.69, 9.17) is 9.72 Å². The van der Waals surface area contributed by atoms with Gasteiger partial charge in [-0.15, -0.1) is 11.3 Å². The van der Waals surface area contributed by atoms with E-state index in [1.54, 1.807) is 0 Å². The lowest BCUT2D eigenvalue weighted by Crippen LogP contribution is -2.43. The first kappa shape index (κ1) is 14.0. The van der Waals surface area contributed by atoms with Crippen LogP contribution < -0.4 is 4.90 Å². The molecule has 4 rings (SSSR count). The topological polar surface area (TPSA) is 28.6 Å². The van der Waals surface area contributed by atoms with E-state index < -0.39 is 0 Å². The smallest absolute Gasteiger partial charge is 0.185 e. The number of hydrogen-bond acceptors (Lipinski definition) is 5. The Morgan fingerprint density at radius 1 is 1.19 bits per heavy atom. The Bertz CT molecular complexity index is 468. The van der Waals surface area contributed by atoms with Crippen molar-refractivity contribution in [3.05, 3.63) is 11.1 Å². The summed E-state index contributed by atoms with van der Waals surface area (Å²) in [6, 6.07) is 0.381. The molecule has 1 atom stereocenters. The van der Waals surface area contributed by atoms with E-state index in [9.17, 15) is 0 Å². The van der Waals surface area contributed by atoms with Crippen LogP contribution in [0.4, 0.5) is 5.13 Å². The number of thiazole rings is 1. The summed E-state index contributed by atoms with van der Waals surface area (Å²) in [5.74, 6) is 0.919. The Hall–Kier alpha value is -0.650. The van der Waals surface area contributed by atoms with Gasteiger partial charge in [-0.3, -0.25) is 4.90 Å². The van der Waals surface area contributed by atoms with Crippen LogP contribution in [-0.4, -0.2) is 49.3 Å². The average molecular weight is 307 g/mol. The van der Waals surface area contributed by atoms with Gasteiger partial charge in [-0.1, -0.05) is 6.42 Å². The van der Waals surface area contributed by atoms with E-state index in [1.165, 1.54) is 62.6 Å². The third-order valence-electron chi connectivity index (χ3n) is 5.18. The van der Waals surface area contributed by atoms with E-state index in [1.807, 2.05) is 11.3 Å². The molecule has 0 radical (unpaired) electrons. The quantitative estimate of drug-likeness (QED) is 0.855. The van der Waals surface area contributed by atoms with Gasteiger partial charge in [0.25, 0.3) is 0 Å². The van der Waals surface area contributed by atoms with E-state index in [0.717, 1.165) is 25.7 Å².